The van der Waals surface area contributed by atoms with E-state index in [0.29, 0.717) is 0 Å². The van der Waals surface area contributed by atoms with Crippen LogP contribution in [-0.4, -0.2) is 24.4 Å². The van der Waals surface area contributed by atoms with Crippen LogP contribution >= 0.6 is 0 Å². The van der Waals surface area contributed by atoms with E-state index >= 15 is 0 Å². The maximum Gasteiger partial charge on any atom is 0.0948 e. The van der Waals surface area contributed by atoms with E-state index in [-0.39, 0.29) is 6.61 Å². The summed E-state index contributed by atoms with van der Waals surface area (Å²) < 4.78 is 3.74. The van der Waals surface area contributed by atoms with Crippen molar-refractivity contribution in [3.05, 3.63) is 36.2 Å². The Labute approximate surface area is 88.0 Å². The highest BCUT2D eigenvalue weighted by Gasteiger charge is 2.01. The molecule has 2 aromatic heterocycles. The predicted molar refractivity (Wildman–Crippen MR) is 55.1 cm³/mol. The maximum absolute atomic E-state index is 9.03. The summed E-state index contributed by atoms with van der Waals surface area (Å²) in [7, 11) is 1.90. The Bertz CT molecular complexity index is 432. The fraction of sp³-hybridized carbons (Fsp3) is 0.400. The molecular weight excluding hydrogens is 192 g/mol. The molecule has 0 amide bonds. The first kappa shape index (κ1) is 9.92. The minimum absolute atomic E-state index is 0.0348. The van der Waals surface area contributed by atoms with E-state index in [2.05, 4.69) is 10.1 Å². The van der Waals surface area contributed by atoms with E-state index in [1.54, 1.807) is 17.2 Å². The van der Waals surface area contributed by atoms with E-state index in [0.717, 1.165) is 18.7 Å². The summed E-state index contributed by atoms with van der Waals surface area (Å²) in [5.74, 6) is 0. The molecular formula is C10H14N4O. The van der Waals surface area contributed by atoms with Crippen molar-refractivity contribution in [2.75, 3.05) is 0 Å². The predicted octanol–water partition coefficient (Wildman–Crippen LogP) is 0.352. The molecule has 5 nitrogen and oxygen atoms in total. The molecule has 80 valence electrons. The molecule has 5 heteroatoms. The van der Waals surface area contributed by atoms with Gasteiger partial charge < -0.3 is 9.67 Å². The summed E-state index contributed by atoms with van der Waals surface area (Å²) in [6, 6.07) is 0. The zero-order chi connectivity index (χ0) is 10.7. The first-order valence-corrected chi connectivity index (χ1v) is 4.87. The minimum Gasteiger partial charge on any atom is -0.390 e. The maximum atomic E-state index is 9.03. The average Bonchev–Trinajstić information content (AvgIpc) is 2.83. The van der Waals surface area contributed by atoms with Gasteiger partial charge in [0.2, 0.25) is 0 Å². The molecule has 0 aliphatic carbocycles. The summed E-state index contributed by atoms with van der Waals surface area (Å²) in [4.78, 5) is 3.99. The van der Waals surface area contributed by atoms with Crippen LogP contribution in [-0.2, 0) is 26.6 Å². The third-order valence-corrected chi connectivity index (χ3v) is 2.36. The van der Waals surface area contributed by atoms with E-state index in [4.69, 9.17) is 5.11 Å². The van der Waals surface area contributed by atoms with Crippen LogP contribution in [0.5, 0.6) is 0 Å². The first-order chi connectivity index (χ1) is 7.29. The quantitative estimate of drug-likeness (QED) is 0.785. The molecule has 0 bridgehead atoms. The number of hydrogen-bond acceptors (Lipinski definition) is 3. The Morgan fingerprint density at radius 2 is 2.27 bits per heavy atom. The van der Waals surface area contributed by atoms with E-state index in [1.165, 1.54) is 5.56 Å². The van der Waals surface area contributed by atoms with Gasteiger partial charge >= 0.3 is 0 Å². The van der Waals surface area contributed by atoms with Gasteiger partial charge in [-0.05, 0) is 12.0 Å². The number of aryl methyl sites for hydroxylation is 3. The van der Waals surface area contributed by atoms with Crippen LogP contribution < -0.4 is 0 Å². The van der Waals surface area contributed by atoms with E-state index < -0.39 is 0 Å². The summed E-state index contributed by atoms with van der Waals surface area (Å²) in [6.07, 6.45) is 8.17. The van der Waals surface area contributed by atoms with Crippen LogP contribution in [0, 0.1) is 0 Å². The standard InChI is InChI=1S/C10H14N4O/c1-13-6-9(4-12-13)2-3-14-8-11-5-10(14)7-15/h4-6,8,15H,2-3,7H2,1H3. The van der Waals surface area contributed by atoms with Gasteiger partial charge in [-0.15, -0.1) is 0 Å². The van der Waals surface area contributed by atoms with Crippen molar-refractivity contribution in [1.29, 1.82) is 0 Å². The Kier molecular flexibility index (Phi) is 2.82. The Balaban J connectivity index is 1.98. The van der Waals surface area contributed by atoms with E-state index in [9.17, 15) is 0 Å². The molecule has 0 atom stereocenters. The number of aliphatic hydroxyl groups is 1. The Morgan fingerprint density at radius 1 is 1.40 bits per heavy atom. The fourth-order valence-corrected chi connectivity index (χ4v) is 1.53. The number of hydrogen-bond donors (Lipinski definition) is 1. The Hall–Kier alpha value is -1.62. The topological polar surface area (TPSA) is 55.9 Å². The van der Waals surface area contributed by atoms with Gasteiger partial charge in [0, 0.05) is 19.8 Å². The van der Waals surface area contributed by atoms with Crippen LogP contribution in [0.4, 0.5) is 0 Å². The van der Waals surface area contributed by atoms with Crippen LogP contribution in [0.15, 0.2) is 24.9 Å². The monoisotopic (exact) mass is 206 g/mol. The lowest BCUT2D eigenvalue weighted by molar-refractivity contribution is 0.270. The molecule has 0 saturated heterocycles. The third-order valence-electron chi connectivity index (χ3n) is 2.36. The number of aliphatic hydroxyl groups excluding tert-OH is 1. The van der Waals surface area contributed by atoms with Gasteiger partial charge in [-0.1, -0.05) is 0 Å². The van der Waals surface area contributed by atoms with Crippen LogP contribution in [0.25, 0.3) is 0 Å². The third kappa shape index (κ3) is 2.24. The van der Waals surface area contributed by atoms with Gasteiger partial charge in [0.25, 0.3) is 0 Å². The smallest absolute Gasteiger partial charge is 0.0948 e. The summed E-state index contributed by atoms with van der Waals surface area (Å²) >= 11 is 0. The molecule has 0 unspecified atom stereocenters. The molecule has 0 radical (unpaired) electrons. The van der Waals surface area contributed by atoms with Crippen molar-refractivity contribution < 1.29 is 5.11 Å². The number of aromatic nitrogens is 4. The number of imidazole rings is 1. The molecule has 15 heavy (non-hydrogen) atoms. The van der Waals surface area contributed by atoms with Gasteiger partial charge in [-0.2, -0.15) is 5.10 Å². The van der Waals surface area contributed by atoms with Crippen molar-refractivity contribution in [2.24, 2.45) is 7.05 Å². The minimum atomic E-state index is 0.0348. The average molecular weight is 206 g/mol. The molecule has 0 spiro atoms. The molecule has 0 aromatic carbocycles. The lowest BCUT2D eigenvalue weighted by Crippen LogP contribution is -2.03. The van der Waals surface area contributed by atoms with Gasteiger partial charge in [0.15, 0.2) is 0 Å². The highest BCUT2D eigenvalue weighted by Crippen LogP contribution is 2.03. The molecule has 2 rings (SSSR count). The normalized spacial score (nSPS) is 10.8. The number of nitrogens with zero attached hydrogens (tertiary/aromatic N) is 4. The zero-order valence-corrected chi connectivity index (χ0v) is 8.67. The molecule has 1 N–H and O–H groups in total. The fourth-order valence-electron chi connectivity index (χ4n) is 1.53. The molecule has 0 saturated carbocycles. The van der Waals surface area contributed by atoms with Crippen molar-refractivity contribution in [2.45, 2.75) is 19.6 Å². The van der Waals surface area contributed by atoms with Gasteiger partial charge in [0.05, 0.1) is 31.0 Å². The van der Waals surface area contributed by atoms with Crippen molar-refractivity contribution in [1.82, 2.24) is 19.3 Å². The number of rotatable bonds is 4. The molecule has 2 heterocycles. The second-order valence-electron chi connectivity index (χ2n) is 3.51. The highest BCUT2D eigenvalue weighted by atomic mass is 16.3. The Morgan fingerprint density at radius 3 is 2.93 bits per heavy atom. The first-order valence-electron chi connectivity index (χ1n) is 4.87. The molecule has 0 aliphatic heterocycles. The lowest BCUT2D eigenvalue weighted by atomic mass is 10.2. The van der Waals surface area contributed by atoms with Gasteiger partial charge in [0.1, 0.15) is 0 Å². The lowest BCUT2D eigenvalue weighted by Gasteiger charge is -2.04. The van der Waals surface area contributed by atoms with Gasteiger partial charge in [-0.3, -0.25) is 4.68 Å². The van der Waals surface area contributed by atoms with Crippen LogP contribution in [0.1, 0.15) is 11.3 Å². The largest absolute Gasteiger partial charge is 0.390 e. The van der Waals surface area contributed by atoms with Crippen molar-refractivity contribution in [3.63, 3.8) is 0 Å². The second-order valence-corrected chi connectivity index (χ2v) is 3.51. The van der Waals surface area contributed by atoms with Gasteiger partial charge in [-0.25, -0.2) is 4.98 Å². The second kappa shape index (κ2) is 4.27. The summed E-state index contributed by atoms with van der Waals surface area (Å²) in [6.45, 7) is 0.856. The molecule has 0 fully saturated rings. The summed E-state index contributed by atoms with van der Waals surface area (Å²) in [5.41, 5.74) is 2.04. The highest BCUT2D eigenvalue weighted by molar-refractivity contribution is 5.04. The molecule has 0 aliphatic rings. The zero-order valence-electron chi connectivity index (χ0n) is 8.67. The van der Waals surface area contributed by atoms with Crippen LogP contribution in [0.2, 0.25) is 0 Å². The summed E-state index contributed by atoms with van der Waals surface area (Å²) in [5, 5.41) is 13.1. The van der Waals surface area contributed by atoms with Crippen molar-refractivity contribution in [3.8, 4) is 0 Å². The van der Waals surface area contributed by atoms with E-state index in [1.807, 2.05) is 24.0 Å². The van der Waals surface area contributed by atoms with Crippen molar-refractivity contribution >= 4 is 0 Å². The SMILES string of the molecule is Cn1cc(CCn2cncc2CO)cn1. The molecule has 2 aromatic rings. The van der Waals surface area contributed by atoms with Crippen LogP contribution in [0.3, 0.4) is 0 Å².